The number of amides is 1. The zero-order valence-corrected chi connectivity index (χ0v) is 13.9. The molecule has 3 atom stereocenters. The number of rotatable bonds is 5. The standard InChI is InChI=1S/C18H24N2O3/c1-11(2)14-7-5-4-6-13(14)8-17(21)19-12(3)18-15-9-22-10-16(15)23-20-18/h4-7,11-12,15-16H,8-10H2,1-3H3,(H,19,21)/t12?,15-,16+/m0/s1. The van der Waals surface area contributed by atoms with Gasteiger partial charge in [0.25, 0.3) is 0 Å². The molecule has 5 nitrogen and oxygen atoms in total. The Kier molecular flexibility index (Phi) is 4.66. The van der Waals surface area contributed by atoms with Gasteiger partial charge in [-0.1, -0.05) is 43.3 Å². The fraction of sp³-hybridized carbons (Fsp3) is 0.556. The minimum Gasteiger partial charge on any atom is -0.389 e. The van der Waals surface area contributed by atoms with Crippen molar-refractivity contribution in [3.05, 3.63) is 35.4 Å². The molecule has 2 aliphatic rings. The van der Waals surface area contributed by atoms with Gasteiger partial charge in [-0.15, -0.1) is 0 Å². The number of ether oxygens (including phenoxy) is 1. The molecule has 0 saturated carbocycles. The lowest BCUT2D eigenvalue weighted by atomic mass is 9.94. The molecule has 1 aromatic carbocycles. The van der Waals surface area contributed by atoms with Gasteiger partial charge in [0.1, 0.15) is 0 Å². The van der Waals surface area contributed by atoms with Gasteiger partial charge in [0, 0.05) is 0 Å². The first-order chi connectivity index (χ1) is 11.1. The predicted molar refractivity (Wildman–Crippen MR) is 88.5 cm³/mol. The zero-order valence-electron chi connectivity index (χ0n) is 13.9. The van der Waals surface area contributed by atoms with E-state index in [-0.39, 0.29) is 24.0 Å². The average Bonchev–Trinajstić information content (AvgIpc) is 3.09. The first-order valence-electron chi connectivity index (χ1n) is 8.24. The number of hydrogen-bond acceptors (Lipinski definition) is 4. The normalized spacial score (nSPS) is 24.1. The summed E-state index contributed by atoms with van der Waals surface area (Å²) in [6, 6.07) is 7.98. The molecule has 124 valence electrons. The molecule has 5 heteroatoms. The van der Waals surface area contributed by atoms with Crippen LogP contribution in [0.25, 0.3) is 0 Å². The largest absolute Gasteiger partial charge is 0.389 e. The van der Waals surface area contributed by atoms with Crippen molar-refractivity contribution < 1.29 is 14.4 Å². The lowest BCUT2D eigenvalue weighted by Crippen LogP contribution is -2.42. The molecule has 1 N–H and O–H groups in total. The number of carbonyl (C=O) groups excluding carboxylic acids is 1. The number of oxime groups is 1. The average molecular weight is 316 g/mol. The Labute approximate surface area is 137 Å². The number of nitrogens with zero attached hydrogens (tertiary/aromatic N) is 1. The molecule has 2 heterocycles. The SMILES string of the molecule is CC(NC(=O)Cc1ccccc1C(C)C)C1=NO[C@@H]2COC[C@H]12. The molecule has 23 heavy (non-hydrogen) atoms. The van der Waals surface area contributed by atoms with Gasteiger partial charge < -0.3 is 14.9 Å². The van der Waals surface area contributed by atoms with Crippen LogP contribution in [0.5, 0.6) is 0 Å². The highest BCUT2D eigenvalue weighted by molar-refractivity contribution is 5.95. The van der Waals surface area contributed by atoms with E-state index in [4.69, 9.17) is 9.57 Å². The number of carbonyl (C=O) groups is 1. The van der Waals surface area contributed by atoms with E-state index in [2.05, 4.69) is 30.4 Å². The Hall–Kier alpha value is -1.88. The maximum absolute atomic E-state index is 12.4. The maximum Gasteiger partial charge on any atom is 0.224 e. The minimum atomic E-state index is -0.134. The van der Waals surface area contributed by atoms with Crippen LogP contribution in [0.4, 0.5) is 0 Å². The van der Waals surface area contributed by atoms with Gasteiger partial charge in [-0.3, -0.25) is 4.79 Å². The molecule has 0 bridgehead atoms. The topological polar surface area (TPSA) is 59.9 Å². The number of hydrogen-bond donors (Lipinski definition) is 1. The van der Waals surface area contributed by atoms with Crippen LogP contribution in [0, 0.1) is 5.92 Å². The van der Waals surface area contributed by atoms with Crippen LogP contribution in [0.2, 0.25) is 0 Å². The van der Waals surface area contributed by atoms with Gasteiger partial charge in [-0.05, 0) is 24.0 Å². The highest BCUT2D eigenvalue weighted by Gasteiger charge is 2.41. The summed E-state index contributed by atoms with van der Waals surface area (Å²) >= 11 is 0. The molecular weight excluding hydrogens is 292 g/mol. The van der Waals surface area contributed by atoms with Gasteiger partial charge in [0.15, 0.2) is 6.10 Å². The van der Waals surface area contributed by atoms with Crippen molar-refractivity contribution in [2.24, 2.45) is 11.1 Å². The molecule has 0 aliphatic carbocycles. The van der Waals surface area contributed by atoms with Crippen LogP contribution in [-0.4, -0.2) is 37.0 Å². The third kappa shape index (κ3) is 3.39. The van der Waals surface area contributed by atoms with Crippen LogP contribution in [0.3, 0.4) is 0 Å². The van der Waals surface area contributed by atoms with Crippen LogP contribution in [-0.2, 0) is 20.8 Å². The molecule has 0 aromatic heterocycles. The smallest absolute Gasteiger partial charge is 0.224 e. The number of fused-ring (bicyclic) bond motifs is 1. The summed E-state index contributed by atoms with van der Waals surface area (Å²) in [7, 11) is 0. The molecular formula is C18H24N2O3. The van der Waals surface area contributed by atoms with E-state index in [9.17, 15) is 4.79 Å². The maximum atomic E-state index is 12.4. The second kappa shape index (κ2) is 6.71. The lowest BCUT2D eigenvalue weighted by Gasteiger charge is -2.17. The Bertz CT molecular complexity index is 612. The molecule has 1 unspecified atom stereocenters. The summed E-state index contributed by atoms with van der Waals surface area (Å²) < 4.78 is 5.42. The van der Waals surface area contributed by atoms with Crippen molar-refractivity contribution in [3.8, 4) is 0 Å². The fourth-order valence-corrected chi connectivity index (χ4v) is 3.31. The van der Waals surface area contributed by atoms with E-state index < -0.39 is 0 Å². The molecule has 1 aromatic rings. The second-order valence-electron chi connectivity index (χ2n) is 6.62. The summed E-state index contributed by atoms with van der Waals surface area (Å²) in [6.07, 6.45) is 0.406. The molecule has 3 rings (SSSR count). The van der Waals surface area contributed by atoms with Crippen LogP contribution < -0.4 is 5.32 Å². The number of benzene rings is 1. The first kappa shape index (κ1) is 16.0. The van der Waals surface area contributed by atoms with Crippen molar-refractivity contribution in [3.63, 3.8) is 0 Å². The Morgan fingerprint density at radius 3 is 2.87 bits per heavy atom. The summed E-state index contributed by atoms with van der Waals surface area (Å²) in [4.78, 5) is 17.8. The monoisotopic (exact) mass is 316 g/mol. The minimum absolute atomic E-state index is 0.00988. The second-order valence-corrected chi connectivity index (χ2v) is 6.62. The third-order valence-corrected chi connectivity index (χ3v) is 4.55. The highest BCUT2D eigenvalue weighted by atomic mass is 16.7. The lowest BCUT2D eigenvalue weighted by molar-refractivity contribution is -0.120. The summed E-state index contributed by atoms with van der Waals surface area (Å²) in [5.41, 5.74) is 3.19. The summed E-state index contributed by atoms with van der Waals surface area (Å²) in [6.45, 7) is 7.45. The van der Waals surface area contributed by atoms with Gasteiger partial charge >= 0.3 is 0 Å². The Balaban J connectivity index is 1.61. The molecule has 0 spiro atoms. The quantitative estimate of drug-likeness (QED) is 0.906. The third-order valence-electron chi connectivity index (χ3n) is 4.55. The van der Waals surface area contributed by atoms with Gasteiger partial charge in [-0.2, -0.15) is 0 Å². The Morgan fingerprint density at radius 1 is 1.30 bits per heavy atom. The van der Waals surface area contributed by atoms with Crippen molar-refractivity contribution >= 4 is 11.6 Å². The molecule has 0 radical (unpaired) electrons. The van der Waals surface area contributed by atoms with E-state index in [1.165, 1.54) is 5.56 Å². The van der Waals surface area contributed by atoms with Crippen LogP contribution >= 0.6 is 0 Å². The summed E-state index contributed by atoms with van der Waals surface area (Å²) in [5, 5.41) is 7.19. The van der Waals surface area contributed by atoms with E-state index in [0.717, 1.165) is 11.3 Å². The van der Waals surface area contributed by atoms with Crippen LogP contribution in [0.1, 0.15) is 37.8 Å². The van der Waals surface area contributed by atoms with Gasteiger partial charge in [-0.25, -0.2) is 0 Å². The molecule has 1 fully saturated rings. The van der Waals surface area contributed by atoms with Crippen molar-refractivity contribution in [1.82, 2.24) is 5.32 Å². The first-order valence-corrected chi connectivity index (χ1v) is 8.24. The Morgan fingerprint density at radius 2 is 2.09 bits per heavy atom. The molecule has 2 aliphatic heterocycles. The van der Waals surface area contributed by atoms with E-state index in [0.29, 0.717) is 25.6 Å². The van der Waals surface area contributed by atoms with E-state index in [1.807, 2.05) is 25.1 Å². The highest BCUT2D eigenvalue weighted by Crippen LogP contribution is 2.26. The van der Waals surface area contributed by atoms with Gasteiger partial charge in [0.2, 0.25) is 5.91 Å². The van der Waals surface area contributed by atoms with Crippen LogP contribution in [0.15, 0.2) is 29.4 Å². The number of nitrogens with one attached hydrogen (secondary N) is 1. The van der Waals surface area contributed by atoms with Gasteiger partial charge in [0.05, 0.1) is 37.3 Å². The van der Waals surface area contributed by atoms with E-state index >= 15 is 0 Å². The van der Waals surface area contributed by atoms with Crippen molar-refractivity contribution in [2.45, 2.75) is 45.3 Å². The van der Waals surface area contributed by atoms with Crippen molar-refractivity contribution in [1.29, 1.82) is 0 Å². The summed E-state index contributed by atoms with van der Waals surface area (Å²) in [5.74, 6) is 0.587. The zero-order chi connectivity index (χ0) is 16.4. The molecule has 1 amide bonds. The molecule has 1 saturated heterocycles. The predicted octanol–water partition coefficient (Wildman–Crippen LogP) is 2.26. The van der Waals surface area contributed by atoms with E-state index in [1.54, 1.807) is 0 Å². The fourth-order valence-electron chi connectivity index (χ4n) is 3.31. The van der Waals surface area contributed by atoms with Crippen molar-refractivity contribution in [2.75, 3.05) is 13.2 Å².